The maximum atomic E-state index is 12.1. The van der Waals surface area contributed by atoms with Gasteiger partial charge in [0.2, 0.25) is 5.58 Å². The van der Waals surface area contributed by atoms with Crippen LogP contribution in [0.2, 0.25) is 0 Å². The molecule has 0 amide bonds. The fourth-order valence-corrected chi connectivity index (χ4v) is 1.83. The Kier molecular flexibility index (Phi) is 5.59. The number of benzene rings is 1. The SMILES string of the molecule is C[n+]1c(SC(F)(F)F)oc2ccccc21.O=S(=O)([O-])C(F)(F)F. The van der Waals surface area contributed by atoms with Gasteiger partial charge < -0.3 is 8.97 Å². The van der Waals surface area contributed by atoms with Gasteiger partial charge in [-0.05, 0) is 6.07 Å². The zero-order valence-electron chi connectivity index (χ0n) is 11.0. The quantitative estimate of drug-likeness (QED) is 0.249. The Hall–Kier alpha value is -1.47. The molecule has 0 N–H and O–H groups in total. The summed E-state index contributed by atoms with van der Waals surface area (Å²) in [5.74, 6) is 0. The van der Waals surface area contributed by atoms with Crippen molar-refractivity contribution in [2.75, 3.05) is 0 Å². The third kappa shape index (κ3) is 5.58. The average Bonchev–Trinajstić information content (AvgIpc) is 2.63. The summed E-state index contributed by atoms with van der Waals surface area (Å²) in [7, 11) is -4.55. The zero-order chi connectivity index (χ0) is 18.1. The molecule has 0 spiro atoms. The number of hydrogen-bond acceptors (Lipinski definition) is 5. The average molecular weight is 383 g/mol. The predicted octanol–water partition coefficient (Wildman–Crippen LogP) is 2.92. The van der Waals surface area contributed by atoms with E-state index in [1.807, 2.05) is 0 Å². The molecular weight excluding hydrogens is 376 g/mol. The number of hydrogen-bond donors (Lipinski definition) is 0. The van der Waals surface area contributed by atoms with Gasteiger partial charge in [0.25, 0.3) is 5.52 Å². The Morgan fingerprint density at radius 2 is 1.61 bits per heavy atom. The van der Waals surface area contributed by atoms with E-state index in [1.54, 1.807) is 31.3 Å². The molecule has 23 heavy (non-hydrogen) atoms. The molecule has 2 aromatic rings. The molecule has 1 aromatic carbocycles. The minimum absolute atomic E-state index is 0.163. The Labute approximate surface area is 129 Å². The molecular formula is C10H7F6NO4S2. The highest BCUT2D eigenvalue weighted by molar-refractivity contribution is 7.99. The zero-order valence-corrected chi connectivity index (χ0v) is 12.6. The van der Waals surface area contributed by atoms with Crippen LogP contribution in [0.1, 0.15) is 0 Å². The fourth-order valence-electron chi connectivity index (χ4n) is 1.27. The molecule has 0 atom stereocenters. The monoisotopic (exact) mass is 383 g/mol. The number of oxazole rings is 1. The van der Waals surface area contributed by atoms with E-state index in [0.29, 0.717) is 11.1 Å². The van der Waals surface area contributed by atoms with E-state index < -0.39 is 21.1 Å². The van der Waals surface area contributed by atoms with Crippen LogP contribution in [-0.2, 0) is 17.2 Å². The van der Waals surface area contributed by atoms with E-state index in [0.717, 1.165) is 0 Å². The second-order valence-corrected chi connectivity index (χ2v) is 6.23. The number of thioether (sulfide) groups is 1. The second-order valence-electron chi connectivity index (χ2n) is 3.84. The van der Waals surface area contributed by atoms with Crippen molar-refractivity contribution in [3.63, 3.8) is 0 Å². The number of aromatic nitrogens is 1. The highest BCUT2D eigenvalue weighted by Crippen LogP contribution is 2.36. The minimum atomic E-state index is -6.09. The van der Waals surface area contributed by atoms with Crippen LogP contribution in [0.25, 0.3) is 11.1 Å². The molecule has 0 saturated carbocycles. The molecule has 0 fully saturated rings. The first-order valence-electron chi connectivity index (χ1n) is 5.38. The topological polar surface area (TPSA) is 74.2 Å². The van der Waals surface area contributed by atoms with Gasteiger partial charge in [0, 0.05) is 6.07 Å². The molecule has 0 saturated heterocycles. The van der Waals surface area contributed by atoms with Crippen LogP contribution in [-0.4, -0.2) is 24.0 Å². The lowest BCUT2D eigenvalue weighted by molar-refractivity contribution is -0.692. The Bertz CT molecular complexity index is 781. The van der Waals surface area contributed by atoms with Crippen molar-refractivity contribution in [2.24, 2.45) is 7.05 Å². The molecule has 0 bridgehead atoms. The molecule has 0 radical (unpaired) electrons. The summed E-state index contributed by atoms with van der Waals surface area (Å²) in [5.41, 5.74) is -8.88. The van der Waals surface area contributed by atoms with Crippen LogP contribution in [0.15, 0.2) is 33.9 Å². The first-order valence-corrected chi connectivity index (χ1v) is 7.60. The van der Waals surface area contributed by atoms with E-state index in [9.17, 15) is 26.3 Å². The highest BCUT2D eigenvalue weighted by Gasteiger charge is 2.37. The van der Waals surface area contributed by atoms with E-state index in [4.69, 9.17) is 17.4 Å². The number of alkyl halides is 6. The van der Waals surface area contributed by atoms with Crippen molar-refractivity contribution < 1.29 is 48.3 Å². The second kappa shape index (κ2) is 6.57. The van der Waals surface area contributed by atoms with Crippen LogP contribution in [0.3, 0.4) is 0 Å². The minimum Gasteiger partial charge on any atom is -0.741 e. The molecule has 0 unspecified atom stereocenters. The normalized spacial score (nSPS) is 12.9. The first-order chi connectivity index (χ1) is 10.2. The van der Waals surface area contributed by atoms with E-state index in [1.165, 1.54) is 4.57 Å². The third-order valence-electron chi connectivity index (χ3n) is 2.18. The van der Waals surface area contributed by atoms with E-state index in [-0.39, 0.29) is 17.0 Å². The Morgan fingerprint density at radius 3 is 2.00 bits per heavy atom. The smallest absolute Gasteiger partial charge is 0.485 e. The van der Waals surface area contributed by atoms with Crippen LogP contribution < -0.4 is 4.57 Å². The molecule has 2 rings (SSSR count). The third-order valence-corrected chi connectivity index (χ3v) is 3.51. The maximum Gasteiger partial charge on any atom is 0.485 e. The first kappa shape index (κ1) is 19.6. The summed E-state index contributed by atoms with van der Waals surface area (Å²) < 4.78 is 102. The van der Waals surface area contributed by atoms with Gasteiger partial charge in [-0.1, -0.05) is 12.1 Å². The number of rotatable bonds is 1. The molecule has 1 heterocycles. The Morgan fingerprint density at radius 1 is 1.13 bits per heavy atom. The summed E-state index contributed by atoms with van der Waals surface area (Å²) in [5, 5.41) is -0.163. The molecule has 13 heteroatoms. The van der Waals surface area contributed by atoms with Gasteiger partial charge in [-0.25, -0.2) is 8.42 Å². The van der Waals surface area contributed by atoms with Gasteiger partial charge in [-0.15, -0.1) is 0 Å². The summed E-state index contributed by atoms with van der Waals surface area (Å²) in [4.78, 5) is 0. The number of fused-ring (bicyclic) bond motifs is 1. The van der Waals surface area contributed by atoms with Crippen molar-refractivity contribution in [3.8, 4) is 0 Å². The van der Waals surface area contributed by atoms with E-state index in [2.05, 4.69) is 0 Å². The number of halogens is 6. The van der Waals surface area contributed by atoms with Gasteiger partial charge in [0.1, 0.15) is 7.05 Å². The van der Waals surface area contributed by atoms with Gasteiger partial charge in [0.05, 0.1) is 11.8 Å². The van der Waals surface area contributed by atoms with Crippen molar-refractivity contribution in [1.82, 2.24) is 0 Å². The molecule has 0 aliphatic rings. The van der Waals surface area contributed by atoms with Crippen LogP contribution in [0.5, 0.6) is 0 Å². The van der Waals surface area contributed by atoms with Crippen molar-refractivity contribution in [1.29, 1.82) is 0 Å². The number of para-hydroxylation sites is 2. The van der Waals surface area contributed by atoms with E-state index >= 15 is 0 Å². The molecule has 130 valence electrons. The van der Waals surface area contributed by atoms with Crippen molar-refractivity contribution in [2.45, 2.75) is 16.2 Å². The summed E-state index contributed by atoms with van der Waals surface area (Å²) >= 11 is -0.251. The lowest BCUT2D eigenvalue weighted by Crippen LogP contribution is -2.29. The van der Waals surface area contributed by atoms with Crippen LogP contribution in [0.4, 0.5) is 26.3 Å². The highest BCUT2D eigenvalue weighted by atomic mass is 32.2. The van der Waals surface area contributed by atoms with Crippen LogP contribution in [0, 0.1) is 0 Å². The molecule has 1 aromatic heterocycles. The number of aryl methyl sites for hydroxylation is 1. The molecule has 5 nitrogen and oxygen atoms in total. The summed E-state index contributed by atoms with van der Waals surface area (Å²) in [6.45, 7) is 0. The van der Waals surface area contributed by atoms with Crippen molar-refractivity contribution in [3.05, 3.63) is 24.3 Å². The number of nitrogens with zero attached hydrogens (tertiary/aromatic N) is 1. The van der Waals surface area contributed by atoms with Gasteiger partial charge >= 0.3 is 16.2 Å². The van der Waals surface area contributed by atoms with Gasteiger partial charge in [-0.3, -0.25) is 0 Å². The van der Waals surface area contributed by atoms with Gasteiger partial charge in [-0.2, -0.15) is 30.9 Å². The van der Waals surface area contributed by atoms with Gasteiger partial charge in [0.15, 0.2) is 10.1 Å². The fraction of sp³-hybridized carbons (Fsp3) is 0.300. The predicted molar refractivity (Wildman–Crippen MR) is 65.1 cm³/mol. The largest absolute Gasteiger partial charge is 0.741 e. The lowest BCUT2D eigenvalue weighted by atomic mass is 10.3. The van der Waals surface area contributed by atoms with Crippen LogP contribution >= 0.6 is 11.8 Å². The standard InChI is InChI=1S/C9H7F3NOS.CHF3O3S/c1-13-6-4-2-3-5-7(6)14-8(13)15-9(10,11)12;2-1(3,4)8(5,6)7/h2-5H,1H3;(H,5,6,7)/q+1;/p-1. The molecule has 0 aliphatic heterocycles. The van der Waals surface area contributed by atoms with Crippen molar-refractivity contribution >= 4 is 33.0 Å². The molecule has 0 aliphatic carbocycles. The summed E-state index contributed by atoms with van der Waals surface area (Å²) in [6.07, 6.45) is 0. The summed E-state index contributed by atoms with van der Waals surface area (Å²) in [6, 6.07) is 6.81. The lowest BCUT2D eigenvalue weighted by Gasteiger charge is -2.08. The Balaban J connectivity index is 0.000000284. The maximum absolute atomic E-state index is 12.1.